The molecule has 0 aliphatic carbocycles. The molecule has 1 amide bonds. The Morgan fingerprint density at radius 1 is 0.967 bits per heavy atom. The first kappa shape index (κ1) is 19.8. The van der Waals surface area contributed by atoms with E-state index in [2.05, 4.69) is 22.4 Å². The summed E-state index contributed by atoms with van der Waals surface area (Å²) in [5.74, 6) is -0.139. The lowest BCUT2D eigenvalue weighted by Gasteiger charge is -2.27. The number of hydrogen-bond donors (Lipinski definition) is 1. The summed E-state index contributed by atoms with van der Waals surface area (Å²) in [6.07, 6.45) is 0. The van der Waals surface area contributed by atoms with Gasteiger partial charge in [0.25, 0.3) is 5.91 Å². The van der Waals surface area contributed by atoms with Gasteiger partial charge < -0.3 is 10.1 Å². The molecule has 1 N–H and O–H groups in total. The molecule has 0 bridgehead atoms. The molecule has 1 aliphatic heterocycles. The first-order chi connectivity index (χ1) is 14.7. The van der Waals surface area contributed by atoms with Crippen molar-refractivity contribution in [3.8, 4) is 17.2 Å². The average molecular weight is 397 g/mol. The molecule has 1 aliphatic rings. The molecule has 0 atom stereocenters. The lowest BCUT2D eigenvalue weighted by Crippen LogP contribution is -2.35. The van der Waals surface area contributed by atoms with Crippen LogP contribution in [-0.2, 0) is 11.3 Å². The summed E-state index contributed by atoms with van der Waals surface area (Å²) in [5.41, 5.74) is 5.04. The highest BCUT2D eigenvalue weighted by Crippen LogP contribution is 2.23. The Bertz CT molecular complexity index is 1060. The van der Waals surface area contributed by atoms with Gasteiger partial charge in [-0.25, -0.2) is 0 Å². The maximum Gasteiger partial charge on any atom is 0.255 e. The van der Waals surface area contributed by atoms with E-state index < -0.39 is 0 Å². The van der Waals surface area contributed by atoms with Crippen LogP contribution in [0, 0.1) is 11.3 Å². The minimum atomic E-state index is -0.139. The number of amides is 1. The minimum absolute atomic E-state index is 0.139. The molecule has 5 heteroatoms. The highest BCUT2D eigenvalue weighted by Gasteiger charge is 2.14. The summed E-state index contributed by atoms with van der Waals surface area (Å²) >= 11 is 0. The molecule has 0 aromatic heterocycles. The molecule has 3 aromatic rings. The molecular weight excluding hydrogens is 374 g/mol. The Labute approximate surface area is 176 Å². The number of hydrogen-bond acceptors (Lipinski definition) is 4. The van der Waals surface area contributed by atoms with Crippen LogP contribution in [-0.4, -0.2) is 37.1 Å². The third-order valence-corrected chi connectivity index (χ3v) is 5.24. The van der Waals surface area contributed by atoms with Crippen molar-refractivity contribution in [2.75, 3.05) is 31.6 Å². The van der Waals surface area contributed by atoms with Gasteiger partial charge in [0.2, 0.25) is 0 Å². The van der Waals surface area contributed by atoms with Crippen LogP contribution in [0.3, 0.4) is 0 Å². The molecule has 0 saturated carbocycles. The second-order valence-electron chi connectivity index (χ2n) is 7.27. The smallest absolute Gasteiger partial charge is 0.255 e. The Kier molecular flexibility index (Phi) is 6.19. The molecule has 5 nitrogen and oxygen atoms in total. The summed E-state index contributed by atoms with van der Waals surface area (Å²) in [4.78, 5) is 15.3. The molecule has 0 radical (unpaired) electrons. The van der Waals surface area contributed by atoms with Gasteiger partial charge in [0.15, 0.2) is 0 Å². The van der Waals surface area contributed by atoms with Crippen molar-refractivity contribution < 1.29 is 9.53 Å². The second-order valence-corrected chi connectivity index (χ2v) is 7.27. The molecule has 4 rings (SSSR count). The van der Waals surface area contributed by atoms with E-state index in [1.54, 1.807) is 12.1 Å². The maximum absolute atomic E-state index is 13.0. The van der Waals surface area contributed by atoms with E-state index in [-0.39, 0.29) is 5.91 Å². The second kappa shape index (κ2) is 9.36. The predicted octanol–water partition coefficient (Wildman–Crippen LogP) is 4.31. The molecule has 0 unspecified atom stereocenters. The number of carbonyl (C=O) groups is 1. The van der Waals surface area contributed by atoms with Crippen LogP contribution in [0.25, 0.3) is 11.1 Å². The average Bonchev–Trinajstić information content (AvgIpc) is 2.81. The molecule has 1 saturated heterocycles. The van der Waals surface area contributed by atoms with Gasteiger partial charge in [-0.05, 0) is 47.0 Å². The SMILES string of the molecule is N#Cc1ccc(-c2cccc(C(=O)Nc3ccccc3CN3CCOCC3)c2)cc1. The molecular formula is C25H23N3O2. The molecule has 3 aromatic carbocycles. The molecule has 1 fully saturated rings. The number of carbonyl (C=O) groups excluding carboxylic acids is 1. The third kappa shape index (κ3) is 4.74. The standard InChI is InChI=1S/C25H23N3O2/c26-17-19-8-10-20(11-9-19)21-5-3-6-22(16-21)25(29)27-24-7-2-1-4-23(24)18-28-12-14-30-15-13-28/h1-11,16H,12-15,18H2,(H,27,29). The van der Waals surface area contributed by atoms with Crippen LogP contribution in [0.1, 0.15) is 21.5 Å². The van der Waals surface area contributed by atoms with Crippen molar-refractivity contribution >= 4 is 11.6 Å². The van der Waals surface area contributed by atoms with E-state index in [1.807, 2.05) is 54.6 Å². The van der Waals surface area contributed by atoms with Crippen molar-refractivity contribution in [2.24, 2.45) is 0 Å². The van der Waals surface area contributed by atoms with Crippen LogP contribution in [0.2, 0.25) is 0 Å². The molecule has 30 heavy (non-hydrogen) atoms. The van der Waals surface area contributed by atoms with Gasteiger partial charge in [-0.2, -0.15) is 5.26 Å². The minimum Gasteiger partial charge on any atom is -0.379 e. The zero-order valence-corrected chi connectivity index (χ0v) is 16.7. The fraction of sp³-hybridized carbons (Fsp3) is 0.200. The number of anilines is 1. The van der Waals surface area contributed by atoms with Gasteiger partial charge in [-0.15, -0.1) is 0 Å². The number of benzene rings is 3. The van der Waals surface area contributed by atoms with E-state index in [0.29, 0.717) is 11.1 Å². The van der Waals surface area contributed by atoms with E-state index >= 15 is 0 Å². The van der Waals surface area contributed by atoms with Gasteiger partial charge in [0.05, 0.1) is 24.8 Å². The van der Waals surface area contributed by atoms with Gasteiger partial charge in [-0.3, -0.25) is 9.69 Å². The molecule has 1 heterocycles. The summed E-state index contributed by atoms with van der Waals surface area (Å²) in [6.45, 7) is 4.07. The number of nitrogens with zero attached hydrogens (tertiary/aromatic N) is 2. The van der Waals surface area contributed by atoms with E-state index in [0.717, 1.165) is 55.2 Å². The van der Waals surface area contributed by atoms with Crippen LogP contribution < -0.4 is 5.32 Å². The van der Waals surface area contributed by atoms with E-state index in [1.165, 1.54) is 0 Å². The van der Waals surface area contributed by atoms with Gasteiger partial charge in [-0.1, -0.05) is 42.5 Å². The Hall–Kier alpha value is -3.46. The maximum atomic E-state index is 13.0. The van der Waals surface area contributed by atoms with E-state index in [9.17, 15) is 4.79 Å². The largest absolute Gasteiger partial charge is 0.379 e. The third-order valence-electron chi connectivity index (χ3n) is 5.24. The summed E-state index contributed by atoms with van der Waals surface area (Å²) < 4.78 is 5.42. The Balaban J connectivity index is 1.51. The lowest BCUT2D eigenvalue weighted by molar-refractivity contribution is 0.0342. The number of para-hydroxylation sites is 1. The van der Waals surface area contributed by atoms with Crippen LogP contribution >= 0.6 is 0 Å². The Morgan fingerprint density at radius 3 is 2.50 bits per heavy atom. The summed E-state index contributed by atoms with van der Waals surface area (Å²) in [7, 11) is 0. The van der Waals surface area contributed by atoms with Crippen molar-refractivity contribution in [3.05, 3.63) is 89.5 Å². The highest BCUT2D eigenvalue weighted by molar-refractivity contribution is 6.05. The van der Waals surface area contributed by atoms with Crippen LogP contribution in [0.4, 0.5) is 5.69 Å². The Morgan fingerprint density at radius 2 is 1.73 bits per heavy atom. The monoisotopic (exact) mass is 397 g/mol. The highest BCUT2D eigenvalue weighted by atomic mass is 16.5. The number of morpholine rings is 1. The fourth-order valence-corrected chi connectivity index (χ4v) is 3.55. The van der Waals surface area contributed by atoms with Crippen molar-refractivity contribution in [2.45, 2.75) is 6.54 Å². The fourth-order valence-electron chi connectivity index (χ4n) is 3.55. The van der Waals surface area contributed by atoms with Gasteiger partial charge in [0, 0.05) is 30.9 Å². The lowest BCUT2D eigenvalue weighted by atomic mass is 10.0. The quantitative estimate of drug-likeness (QED) is 0.697. The van der Waals surface area contributed by atoms with Crippen molar-refractivity contribution in [3.63, 3.8) is 0 Å². The van der Waals surface area contributed by atoms with Crippen LogP contribution in [0.15, 0.2) is 72.8 Å². The van der Waals surface area contributed by atoms with E-state index in [4.69, 9.17) is 10.00 Å². The van der Waals surface area contributed by atoms with Gasteiger partial charge in [0.1, 0.15) is 0 Å². The predicted molar refractivity (Wildman–Crippen MR) is 117 cm³/mol. The number of nitriles is 1. The topological polar surface area (TPSA) is 65.4 Å². The number of rotatable bonds is 5. The number of nitrogens with one attached hydrogen (secondary N) is 1. The summed E-state index contributed by atoms with van der Waals surface area (Å²) in [5, 5.41) is 12.0. The van der Waals surface area contributed by atoms with Gasteiger partial charge >= 0.3 is 0 Å². The summed E-state index contributed by atoms with van der Waals surface area (Å²) in [6, 6.07) is 24.9. The first-order valence-electron chi connectivity index (χ1n) is 10.0. The van der Waals surface area contributed by atoms with Crippen molar-refractivity contribution in [1.82, 2.24) is 4.90 Å². The zero-order valence-electron chi connectivity index (χ0n) is 16.7. The normalized spacial score (nSPS) is 14.1. The number of ether oxygens (including phenoxy) is 1. The van der Waals surface area contributed by atoms with Crippen molar-refractivity contribution in [1.29, 1.82) is 5.26 Å². The molecule has 0 spiro atoms. The van der Waals surface area contributed by atoms with Crippen LogP contribution in [0.5, 0.6) is 0 Å². The molecule has 150 valence electrons. The zero-order chi connectivity index (χ0) is 20.8. The first-order valence-corrected chi connectivity index (χ1v) is 10.0.